The second-order valence-electron chi connectivity index (χ2n) is 5.97. The van der Waals surface area contributed by atoms with Gasteiger partial charge in [0.25, 0.3) is 0 Å². The van der Waals surface area contributed by atoms with Crippen LogP contribution in [-0.4, -0.2) is 49.1 Å². The van der Waals surface area contributed by atoms with Crippen LogP contribution < -0.4 is 5.32 Å². The number of hydrogen-bond acceptors (Lipinski definition) is 6. The number of aromatic nitrogens is 1. The molecule has 3 rings (SSSR count). The van der Waals surface area contributed by atoms with Crippen LogP contribution in [0.3, 0.4) is 0 Å². The van der Waals surface area contributed by atoms with Gasteiger partial charge >= 0.3 is 5.97 Å². The molecular weight excluding hydrogens is 334 g/mol. The zero-order valence-corrected chi connectivity index (χ0v) is 15.2. The van der Waals surface area contributed by atoms with Gasteiger partial charge in [-0.3, -0.25) is 4.90 Å². The number of pyridine rings is 1. The lowest BCUT2D eigenvalue weighted by Crippen LogP contribution is -2.42. The minimum atomic E-state index is -0.302. The summed E-state index contributed by atoms with van der Waals surface area (Å²) >= 11 is 1.71. The highest BCUT2D eigenvalue weighted by Crippen LogP contribution is 2.25. The van der Waals surface area contributed by atoms with Crippen LogP contribution in [0, 0.1) is 0 Å². The van der Waals surface area contributed by atoms with Crippen molar-refractivity contribution in [1.29, 1.82) is 0 Å². The SMILES string of the molecule is COC(=O)c1cccc(CSc2ncccc2CN2CCNCC2)c1. The second kappa shape index (κ2) is 8.99. The molecule has 2 heterocycles. The Morgan fingerprint density at radius 3 is 2.92 bits per heavy atom. The first-order valence-corrected chi connectivity index (χ1v) is 9.42. The maximum Gasteiger partial charge on any atom is 0.337 e. The topological polar surface area (TPSA) is 54.5 Å². The fourth-order valence-corrected chi connectivity index (χ4v) is 3.78. The van der Waals surface area contributed by atoms with Gasteiger partial charge in [0.1, 0.15) is 5.03 Å². The molecule has 1 N–H and O–H groups in total. The highest BCUT2D eigenvalue weighted by atomic mass is 32.2. The minimum absolute atomic E-state index is 0.302. The third kappa shape index (κ3) is 5.04. The van der Waals surface area contributed by atoms with Gasteiger partial charge in [0.15, 0.2) is 0 Å². The molecule has 25 heavy (non-hydrogen) atoms. The van der Waals surface area contributed by atoms with E-state index in [4.69, 9.17) is 4.74 Å². The van der Waals surface area contributed by atoms with Crippen molar-refractivity contribution in [2.75, 3.05) is 33.3 Å². The van der Waals surface area contributed by atoms with Gasteiger partial charge in [0.05, 0.1) is 12.7 Å². The molecule has 1 saturated heterocycles. The van der Waals surface area contributed by atoms with Crippen LogP contribution in [0.25, 0.3) is 0 Å². The maximum atomic E-state index is 11.7. The lowest BCUT2D eigenvalue weighted by Gasteiger charge is -2.27. The number of thioether (sulfide) groups is 1. The summed E-state index contributed by atoms with van der Waals surface area (Å²) in [4.78, 5) is 18.7. The molecule has 1 aliphatic heterocycles. The Balaban J connectivity index is 1.66. The molecule has 0 radical (unpaired) electrons. The number of piperazine rings is 1. The van der Waals surface area contributed by atoms with Gasteiger partial charge in [0.2, 0.25) is 0 Å². The quantitative estimate of drug-likeness (QED) is 0.633. The van der Waals surface area contributed by atoms with E-state index in [1.807, 2.05) is 30.5 Å². The summed E-state index contributed by atoms with van der Waals surface area (Å²) in [6.07, 6.45) is 1.84. The summed E-state index contributed by atoms with van der Waals surface area (Å²) in [5.41, 5.74) is 2.94. The molecule has 6 heteroatoms. The number of ether oxygens (including phenoxy) is 1. The number of benzene rings is 1. The normalized spacial score (nSPS) is 15.1. The molecule has 1 fully saturated rings. The summed E-state index contributed by atoms with van der Waals surface area (Å²) in [7, 11) is 1.40. The van der Waals surface area contributed by atoms with Gasteiger partial charge in [0, 0.05) is 44.7 Å². The molecule has 132 valence electrons. The molecule has 0 spiro atoms. The molecule has 1 aliphatic rings. The number of carbonyl (C=O) groups excluding carboxylic acids is 1. The van der Waals surface area contributed by atoms with Crippen LogP contribution >= 0.6 is 11.8 Å². The molecule has 5 nitrogen and oxygen atoms in total. The molecule has 2 aromatic rings. The number of rotatable bonds is 6. The van der Waals surface area contributed by atoms with Crippen molar-refractivity contribution in [3.8, 4) is 0 Å². The molecular formula is C19H23N3O2S. The standard InChI is InChI=1S/C19H23N3O2S/c1-24-19(23)16-5-2-4-15(12-16)14-25-18-17(6-3-7-21-18)13-22-10-8-20-9-11-22/h2-7,12,20H,8-11,13-14H2,1H3. The highest BCUT2D eigenvalue weighted by Gasteiger charge is 2.13. The van der Waals surface area contributed by atoms with E-state index in [1.54, 1.807) is 17.8 Å². The highest BCUT2D eigenvalue weighted by molar-refractivity contribution is 7.98. The van der Waals surface area contributed by atoms with E-state index in [0.29, 0.717) is 5.56 Å². The number of nitrogens with one attached hydrogen (secondary N) is 1. The van der Waals surface area contributed by atoms with Gasteiger partial charge in [-0.25, -0.2) is 9.78 Å². The fourth-order valence-electron chi connectivity index (χ4n) is 2.84. The van der Waals surface area contributed by atoms with Crippen LogP contribution in [0.15, 0.2) is 47.6 Å². The predicted octanol–water partition coefficient (Wildman–Crippen LogP) is 2.57. The average Bonchev–Trinajstić information content (AvgIpc) is 2.68. The zero-order valence-electron chi connectivity index (χ0n) is 14.4. The largest absolute Gasteiger partial charge is 0.465 e. The van der Waals surface area contributed by atoms with Crippen molar-refractivity contribution in [2.45, 2.75) is 17.3 Å². The number of methoxy groups -OCH3 is 1. The fraction of sp³-hybridized carbons (Fsp3) is 0.368. The van der Waals surface area contributed by atoms with Crippen LogP contribution in [-0.2, 0) is 17.0 Å². The summed E-state index contributed by atoms with van der Waals surface area (Å²) in [6, 6.07) is 11.7. The van der Waals surface area contributed by atoms with Crippen LogP contribution in [0.5, 0.6) is 0 Å². The molecule has 0 atom stereocenters. The van der Waals surface area contributed by atoms with Crippen molar-refractivity contribution in [3.63, 3.8) is 0 Å². The molecule has 1 aromatic carbocycles. The average molecular weight is 357 g/mol. The number of hydrogen-bond donors (Lipinski definition) is 1. The van der Waals surface area contributed by atoms with Crippen LogP contribution in [0.2, 0.25) is 0 Å². The van der Waals surface area contributed by atoms with Gasteiger partial charge in [-0.2, -0.15) is 0 Å². The number of esters is 1. The molecule has 0 saturated carbocycles. The maximum absolute atomic E-state index is 11.7. The van der Waals surface area contributed by atoms with Crippen LogP contribution in [0.1, 0.15) is 21.5 Å². The van der Waals surface area contributed by atoms with E-state index in [1.165, 1.54) is 12.7 Å². The van der Waals surface area contributed by atoms with E-state index in [9.17, 15) is 4.79 Å². The molecule has 0 bridgehead atoms. The van der Waals surface area contributed by atoms with Crippen molar-refractivity contribution in [3.05, 3.63) is 59.3 Å². The first kappa shape index (κ1) is 17.9. The summed E-state index contributed by atoms with van der Waals surface area (Å²) in [5.74, 6) is 0.472. The third-order valence-corrected chi connectivity index (χ3v) is 5.30. The van der Waals surface area contributed by atoms with E-state index in [-0.39, 0.29) is 5.97 Å². The Bertz CT molecular complexity index is 717. The smallest absolute Gasteiger partial charge is 0.337 e. The molecule has 1 aromatic heterocycles. The first-order valence-electron chi connectivity index (χ1n) is 8.43. The predicted molar refractivity (Wildman–Crippen MR) is 99.7 cm³/mol. The van der Waals surface area contributed by atoms with Crippen LogP contribution in [0.4, 0.5) is 0 Å². The Morgan fingerprint density at radius 1 is 1.28 bits per heavy atom. The van der Waals surface area contributed by atoms with E-state index < -0.39 is 0 Å². The molecule has 0 unspecified atom stereocenters. The van der Waals surface area contributed by atoms with E-state index in [2.05, 4.69) is 21.3 Å². The molecule has 0 aliphatic carbocycles. The summed E-state index contributed by atoms with van der Waals surface area (Å²) in [6.45, 7) is 5.16. The summed E-state index contributed by atoms with van der Waals surface area (Å²) in [5, 5.41) is 4.44. The Labute approximate surface area is 152 Å². The van der Waals surface area contributed by atoms with Crippen molar-refractivity contribution in [1.82, 2.24) is 15.2 Å². The van der Waals surface area contributed by atoms with Crippen molar-refractivity contribution >= 4 is 17.7 Å². The lowest BCUT2D eigenvalue weighted by molar-refractivity contribution is 0.0600. The monoisotopic (exact) mass is 357 g/mol. The van der Waals surface area contributed by atoms with Gasteiger partial charge in [-0.05, 0) is 29.3 Å². The second-order valence-corrected chi connectivity index (χ2v) is 6.94. The molecule has 0 amide bonds. The number of carbonyl (C=O) groups is 1. The number of nitrogens with zero attached hydrogens (tertiary/aromatic N) is 2. The van der Waals surface area contributed by atoms with E-state index >= 15 is 0 Å². The minimum Gasteiger partial charge on any atom is -0.465 e. The third-order valence-electron chi connectivity index (χ3n) is 4.18. The Hall–Kier alpha value is -1.89. The van der Waals surface area contributed by atoms with Crippen molar-refractivity contribution in [2.24, 2.45) is 0 Å². The first-order chi connectivity index (χ1) is 12.3. The Kier molecular flexibility index (Phi) is 6.44. The Morgan fingerprint density at radius 2 is 2.12 bits per heavy atom. The van der Waals surface area contributed by atoms with Gasteiger partial charge in [-0.15, -0.1) is 11.8 Å². The lowest BCUT2D eigenvalue weighted by atomic mass is 10.1. The van der Waals surface area contributed by atoms with E-state index in [0.717, 1.165) is 49.1 Å². The van der Waals surface area contributed by atoms with Crippen molar-refractivity contribution < 1.29 is 9.53 Å². The van der Waals surface area contributed by atoms with Gasteiger partial charge in [-0.1, -0.05) is 18.2 Å². The van der Waals surface area contributed by atoms with Gasteiger partial charge < -0.3 is 10.1 Å². The summed E-state index contributed by atoms with van der Waals surface area (Å²) < 4.78 is 4.79. The zero-order chi connectivity index (χ0) is 17.5.